The van der Waals surface area contributed by atoms with Crippen LogP contribution in [-0.2, 0) is 19.0 Å². The minimum atomic E-state index is -1.30. The molecule has 6 heteroatoms. The summed E-state index contributed by atoms with van der Waals surface area (Å²) in [5, 5.41) is 9.67. The second-order valence-corrected chi connectivity index (χ2v) is 4.54. The summed E-state index contributed by atoms with van der Waals surface area (Å²) in [5.41, 5.74) is 0.377. The highest BCUT2D eigenvalue weighted by Crippen LogP contribution is 2.26. The van der Waals surface area contributed by atoms with E-state index in [0.717, 1.165) is 0 Å². The van der Waals surface area contributed by atoms with Crippen molar-refractivity contribution in [3.63, 3.8) is 0 Å². The fourth-order valence-corrected chi connectivity index (χ4v) is 2.05. The average molecular weight is 280 g/mol. The second-order valence-electron chi connectivity index (χ2n) is 4.54. The highest BCUT2D eigenvalue weighted by molar-refractivity contribution is 5.89. The molecule has 0 aliphatic carbocycles. The fraction of sp³-hybridized carbons (Fsp3) is 0.429. The first-order valence-electron chi connectivity index (χ1n) is 6.26. The van der Waals surface area contributed by atoms with Crippen molar-refractivity contribution in [2.75, 3.05) is 0 Å². The molecule has 4 atom stereocenters. The Kier molecular flexibility index (Phi) is 4.36. The third-order valence-corrected chi connectivity index (χ3v) is 2.98. The Hall–Kier alpha value is -1.92. The number of hydrogen-bond acceptors (Lipinski definition) is 6. The van der Waals surface area contributed by atoms with Crippen LogP contribution in [0.15, 0.2) is 30.3 Å². The summed E-state index contributed by atoms with van der Waals surface area (Å²) in [6.45, 7) is 2.85. The zero-order valence-electron chi connectivity index (χ0n) is 11.2. The molecule has 1 aliphatic rings. The lowest BCUT2D eigenvalue weighted by molar-refractivity contribution is -0.169. The third kappa shape index (κ3) is 3.15. The maximum atomic E-state index is 12.0. The monoisotopic (exact) mass is 280 g/mol. The van der Waals surface area contributed by atoms with Crippen LogP contribution in [0.25, 0.3) is 0 Å². The molecule has 1 aliphatic heterocycles. The van der Waals surface area contributed by atoms with Crippen LogP contribution in [0, 0.1) is 0 Å². The van der Waals surface area contributed by atoms with E-state index in [2.05, 4.69) is 0 Å². The Labute approximate surface area is 116 Å². The van der Waals surface area contributed by atoms with Gasteiger partial charge in [0, 0.05) is 6.92 Å². The third-order valence-electron chi connectivity index (χ3n) is 2.98. The molecule has 0 spiro atoms. The van der Waals surface area contributed by atoms with E-state index in [1.165, 1.54) is 6.92 Å². The van der Waals surface area contributed by atoms with E-state index in [1.807, 2.05) is 0 Å². The lowest BCUT2D eigenvalue weighted by Crippen LogP contribution is -2.39. The maximum Gasteiger partial charge on any atom is 0.338 e. The van der Waals surface area contributed by atoms with Crippen LogP contribution >= 0.6 is 0 Å². The van der Waals surface area contributed by atoms with Crippen LogP contribution in [0.5, 0.6) is 0 Å². The minimum absolute atomic E-state index is 0.377. The van der Waals surface area contributed by atoms with Gasteiger partial charge in [0.1, 0.15) is 0 Å². The molecule has 1 heterocycles. The number of hydrogen-bond donors (Lipinski definition) is 1. The van der Waals surface area contributed by atoms with E-state index >= 15 is 0 Å². The molecule has 1 aromatic carbocycles. The standard InChI is InChI=1S/C14H16O6/c1-8-11(12(14(17)18-8)19-9(2)15)20-13(16)10-6-4-3-5-7-10/h3-8,11-12,14,17H,1-2H3/t8-,11+,12-,14?/m1/s1. The van der Waals surface area contributed by atoms with Gasteiger partial charge in [-0.15, -0.1) is 0 Å². The van der Waals surface area contributed by atoms with Gasteiger partial charge in [0.05, 0.1) is 11.7 Å². The molecule has 0 amide bonds. The number of rotatable bonds is 3. The van der Waals surface area contributed by atoms with Crippen LogP contribution in [0.3, 0.4) is 0 Å². The number of aliphatic hydroxyl groups is 1. The van der Waals surface area contributed by atoms with E-state index in [9.17, 15) is 14.7 Å². The van der Waals surface area contributed by atoms with Gasteiger partial charge in [-0.2, -0.15) is 0 Å². The summed E-state index contributed by atoms with van der Waals surface area (Å²) in [5.74, 6) is -1.13. The SMILES string of the molecule is CC(=O)O[C@H]1C(O)O[C@H](C)[C@@H]1OC(=O)c1ccccc1. The van der Waals surface area contributed by atoms with Crippen molar-refractivity contribution >= 4 is 11.9 Å². The maximum absolute atomic E-state index is 12.0. The summed E-state index contributed by atoms with van der Waals surface area (Å²) in [4.78, 5) is 23.0. The average Bonchev–Trinajstić information content (AvgIpc) is 2.66. The van der Waals surface area contributed by atoms with E-state index in [0.29, 0.717) is 5.56 Å². The van der Waals surface area contributed by atoms with E-state index in [-0.39, 0.29) is 0 Å². The number of benzene rings is 1. The first-order chi connectivity index (χ1) is 9.49. The minimum Gasteiger partial charge on any atom is -0.453 e. The largest absolute Gasteiger partial charge is 0.453 e. The zero-order chi connectivity index (χ0) is 14.7. The molecule has 2 rings (SSSR count). The van der Waals surface area contributed by atoms with Crippen LogP contribution in [-0.4, -0.2) is 41.6 Å². The van der Waals surface area contributed by atoms with E-state index in [4.69, 9.17) is 14.2 Å². The molecule has 0 radical (unpaired) electrons. The number of ether oxygens (including phenoxy) is 3. The lowest BCUT2D eigenvalue weighted by Gasteiger charge is -2.21. The Bertz CT molecular complexity index is 486. The molecule has 1 N–H and O–H groups in total. The fourth-order valence-electron chi connectivity index (χ4n) is 2.05. The Morgan fingerprint density at radius 2 is 1.80 bits per heavy atom. The van der Waals surface area contributed by atoms with Crippen LogP contribution in [0.1, 0.15) is 24.2 Å². The van der Waals surface area contributed by atoms with Gasteiger partial charge in [-0.05, 0) is 19.1 Å². The van der Waals surface area contributed by atoms with Crippen LogP contribution in [0.2, 0.25) is 0 Å². The molecule has 0 bridgehead atoms. The summed E-state index contributed by atoms with van der Waals surface area (Å²) in [6, 6.07) is 8.43. The van der Waals surface area contributed by atoms with Gasteiger partial charge in [-0.3, -0.25) is 4.79 Å². The van der Waals surface area contributed by atoms with Gasteiger partial charge in [-0.25, -0.2) is 4.79 Å². The molecule has 20 heavy (non-hydrogen) atoms. The topological polar surface area (TPSA) is 82.1 Å². The summed E-state index contributed by atoms with van der Waals surface area (Å²) < 4.78 is 15.4. The number of esters is 2. The van der Waals surface area contributed by atoms with Gasteiger partial charge in [-0.1, -0.05) is 18.2 Å². The Balaban J connectivity index is 2.09. The van der Waals surface area contributed by atoms with Crippen molar-refractivity contribution in [3.05, 3.63) is 35.9 Å². The Morgan fingerprint density at radius 1 is 1.15 bits per heavy atom. The highest BCUT2D eigenvalue weighted by Gasteiger charge is 2.46. The summed E-state index contributed by atoms with van der Waals surface area (Å²) in [6.07, 6.45) is -3.73. The van der Waals surface area contributed by atoms with Crippen LogP contribution in [0.4, 0.5) is 0 Å². The molecule has 108 valence electrons. The highest BCUT2D eigenvalue weighted by atomic mass is 16.7. The molecule has 1 saturated heterocycles. The smallest absolute Gasteiger partial charge is 0.338 e. The molecule has 6 nitrogen and oxygen atoms in total. The molecule has 1 fully saturated rings. The van der Waals surface area contributed by atoms with Crippen molar-refractivity contribution in [1.29, 1.82) is 0 Å². The molecule has 0 saturated carbocycles. The number of aliphatic hydroxyl groups excluding tert-OH is 1. The van der Waals surface area contributed by atoms with Gasteiger partial charge < -0.3 is 19.3 Å². The van der Waals surface area contributed by atoms with Crippen molar-refractivity contribution in [1.82, 2.24) is 0 Å². The van der Waals surface area contributed by atoms with Crippen molar-refractivity contribution in [3.8, 4) is 0 Å². The van der Waals surface area contributed by atoms with E-state index in [1.54, 1.807) is 37.3 Å². The molecule has 0 aromatic heterocycles. The zero-order valence-corrected chi connectivity index (χ0v) is 11.2. The predicted octanol–water partition coefficient (Wildman–Crippen LogP) is 0.881. The van der Waals surface area contributed by atoms with Gasteiger partial charge in [0.2, 0.25) is 0 Å². The van der Waals surface area contributed by atoms with Crippen molar-refractivity contribution < 1.29 is 28.9 Å². The van der Waals surface area contributed by atoms with Gasteiger partial charge >= 0.3 is 11.9 Å². The number of carbonyl (C=O) groups is 2. The van der Waals surface area contributed by atoms with Gasteiger partial charge in [0.25, 0.3) is 0 Å². The lowest BCUT2D eigenvalue weighted by atomic mass is 10.1. The Morgan fingerprint density at radius 3 is 2.40 bits per heavy atom. The molecular weight excluding hydrogens is 264 g/mol. The molecular formula is C14H16O6. The van der Waals surface area contributed by atoms with Crippen molar-refractivity contribution in [2.24, 2.45) is 0 Å². The van der Waals surface area contributed by atoms with E-state index < -0.39 is 36.5 Å². The summed E-state index contributed by atoms with van der Waals surface area (Å²) >= 11 is 0. The molecule has 1 aromatic rings. The number of carbonyl (C=O) groups excluding carboxylic acids is 2. The van der Waals surface area contributed by atoms with Gasteiger partial charge in [0.15, 0.2) is 18.5 Å². The second kappa shape index (κ2) is 6.02. The normalized spacial score (nSPS) is 28.9. The van der Waals surface area contributed by atoms with Crippen LogP contribution < -0.4 is 0 Å². The first kappa shape index (κ1) is 14.5. The quantitative estimate of drug-likeness (QED) is 0.828. The molecule has 1 unspecified atom stereocenters. The first-order valence-corrected chi connectivity index (χ1v) is 6.26. The van der Waals surface area contributed by atoms with Crippen molar-refractivity contribution in [2.45, 2.75) is 38.4 Å². The predicted molar refractivity (Wildman–Crippen MR) is 67.8 cm³/mol. The summed E-state index contributed by atoms with van der Waals surface area (Å²) in [7, 11) is 0.